The first-order chi connectivity index (χ1) is 8.16. The summed E-state index contributed by atoms with van der Waals surface area (Å²) < 4.78 is 0. The van der Waals surface area contributed by atoms with Crippen molar-refractivity contribution in [3.63, 3.8) is 0 Å². The third-order valence-electron chi connectivity index (χ3n) is 2.06. The van der Waals surface area contributed by atoms with Crippen LogP contribution in [0.25, 0.3) is 0 Å². The van der Waals surface area contributed by atoms with Crippen molar-refractivity contribution in [1.29, 1.82) is 0 Å². The van der Waals surface area contributed by atoms with Crippen molar-refractivity contribution in [1.82, 2.24) is 9.97 Å². The van der Waals surface area contributed by atoms with E-state index < -0.39 is 5.91 Å². The molecule has 0 fully saturated rings. The number of hydrogen-bond acceptors (Lipinski definition) is 4. The van der Waals surface area contributed by atoms with Crippen LogP contribution in [-0.4, -0.2) is 15.9 Å². The van der Waals surface area contributed by atoms with Crippen LogP contribution in [0.4, 0.5) is 11.5 Å². The van der Waals surface area contributed by atoms with Crippen LogP contribution in [0.2, 0.25) is 5.28 Å². The molecule has 0 bridgehead atoms. The maximum Gasteiger partial charge on any atom is 0.254 e. The van der Waals surface area contributed by atoms with Crippen LogP contribution >= 0.6 is 11.6 Å². The zero-order chi connectivity index (χ0) is 12.3. The Kier molecular flexibility index (Phi) is 3.20. The Bertz CT molecular complexity index is 544. The summed E-state index contributed by atoms with van der Waals surface area (Å²) in [6.45, 7) is 0. The van der Waals surface area contributed by atoms with Crippen molar-refractivity contribution >= 4 is 29.0 Å². The summed E-state index contributed by atoms with van der Waals surface area (Å²) in [6, 6.07) is 9.26. The molecule has 17 heavy (non-hydrogen) atoms. The molecular weight excluding hydrogens is 240 g/mol. The number of nitrogens with two attached hydrogens (primary N) is 1. The molecule has 0 saturated heterocycles. The highest BCUT2D eigenvalue weighted by Crippen LogP contribution is 2.18. The van der Waals surface area contributed by atoms with Gasteiger partial charge in [0.2, 0.25) is 5.28 Å². The zero-order valence-electron chi connectivity index (χ0n) is 8.72. The zero-order valence-corrected chi connectivity index (χ0v) is 9.48. The summed E-state index contributed by atoms with van der Waals surface area (Å²) in [5.41, 5.74) is 6.19. The lowest BCUT2D eigenvalue weighted by atomic mass is 10.2. The summed E-state index contributed by atoms with van der Waals surface area (Å²) >= 11 is 5.67. The summed E-state index contributed by atoms with van der Waals surface area (Å²) in [7, 11) is 0. The fourth-order valence-electron chi connectivity index (χ4n) is 1.29. The number of benzene rings is 1. The van der Waals surface area contributed by atoms with Gasteiger partial charge < -0.3 is 11.1 Å². The van der Waals surface area contributed by atoms with Gasteiger partial charge in [0, 0.05) is 11.9 Å². The number of anilines is 2. The summed E-state index contributed by atoms with van der Waals surface area (Å²) in [6.07, 6.45) is 1.29. The van der Waals surface area contributed by atoms with E-state index in [2.05, 4.69) is 15.3 Å². The molecule has 0 spiro atoms. The maximum absolute atomic E-state index is 11.2. The van der Waals surface area contributed by atoms with Gasteiger partial charge in [-0.25, -0.2) is 4.98 Å². The summed E-state index contributed by atoms with van der Waals surface area (Å²) in [5, 5.41) is 3.01. The lowest BCUT2D eigenvalue weighted by Crippen LogP contribution is -2.15. The molecule has 1 aromatic heterocycles. The fraction of sp³-hybridized carbons (Fsp3) is 0. The van der Waals surface area contributed by atoms with Crippen molar-refractivity contribution in [3.05, 3.63) is 47.4 Å². The Morgan fingerprint density at radius 2 is 2.00 bits per heavy atom. The van der Waals surface area contributed by atoms with Gasteiger partial charge in [0.05, 0.1) is 0 Å². The van der Waals surface area contributed by atoms with Gasteiger partial charge in [-0.05, 0) is 23.7 Å². The van der Waals surface area contributed by atoms with Crippen molar-refractivity contribution in [3.8, 4) is 0 Å². The summed E-state index contributed by atoms with van der Waals surface area (Å²) in [4.78, 5) is 18.8. The number of primary amides is 1. The number of para-hydroxylation sites is 1. The number of carbonyl (C=O) groups excluding carboxylic acids is 1. The SMILES string of the molecule is NC(=O)c1cnc(Cl)nc1Nc1ccccc1. The number of nitrogens with zero attached hydrogens (tertiary/aromatic N) is 2. The maximum atomic E-state index is 11.2. The molecule has 2 aromatic rings. The standard InChI is InChI=1S/C11H9ClN4O/c12-11-14-6-8(9(13)17)10(16-11)15-7-4-2-1-3-5-7/h1-6H,(H2,13,17)(H,14,15,16). The Morgan fingerprint density at radius 1 is 1.29 bits per heavy atom. The van der Waals surface area contributed by atoms with E-state index in [-0.39, 0.29) is 10.8 Å². The minimum Gasteiger partial charge on any atom is -0.365 e. The molecule has 0 unspecified atom stereocenters. The number of rotatable bonds is 3. The molecule has 2 rings (SSSR count). The molecule has 1 heterocycles. The van der Waals surface area contributed by atoms with Crippen molar-refractivity contribution in [2.24, 2.45) is 5.73 Å². The van der Waals surface area contributed by atoms with Crippen molar-refractivity contribution < 1.29 is 4.79 Å². The lowest BCUT2D eigenvalue weighted by Gasteiger charge is -2.08. The molecule has 0 saturated carbocycles. The number of nitrogens with one attached hydrogen (secondary N) is 1. The quantitative estimate of drug-likeness (QED) is 0.814. The largest absolute Gasteiger partial charge is 0.365 e. The van der Waals surface area contributed by atoms with Gasteiger partial charge in [-0.15, -0.1) is 0 Å². The van der Waals surface area contributed by atoms with Crippen LogP contribution in [0, 0.1) is 0 Å². The second-order valence-electron chi connectivity index (χ2n) is 3.26. The predicted octanol–water partition coefficient (Wildman–Crippen LogP) is 1.97. The van der Waals surface area contributed by atoms with Crippen LogP contribution in [0.1, 0.15) is 10.4 Å². The van der Waals surface area contributed by atoms with E-state index >= 15 is 0 Å². The van der Waals surface area contributed by atoms with E-state index in [4.69, 9.17) is 17.3 Å². The third-order valence-corrected chi connectivity index (χ3v) is 2.24. The normalized spacial score (nSPS) is 9.94. The molecule has 0 aliphatic rings. The fourth-order valence-corrected chi connectivity index (χ4v) is 1.43. The van der Waals surface area contributed by atoms with Gasteiger partial charge in [-0.3, -0.25) is 4.79 Å². The van der Waals surface area contributed by atoms with E-state index in [1.54, 1.807) is 0 Å². The van der Waals surface area contributed by atoms with Gasteiger partial charge >= 0.3 is 0 Å². The molecule has 1 amide bonds. The predicted molar refractivity (Wildman–Crippen MR) is 65.3 cm³/mol. The van der Waals surface area contributed by atoms with Crippen LogP contribution in [0.5, 0.6) is 0 Å². The molecule has 86 valence electrons. The molecule has 1 aromatic carbocycles. The molecule has 0 aliphatic heterocycles. The number of amides is 1. The number of aromatic nitrogens is 2. The van der Waals surface area contributed by atoms with Gasteiger partial charge in [-0.1, -0.05) is 18.2 Å². The Labute approximate surface area is 103 Å². The minimum atomic E-state index is -0.611. The molecular formula is C11H9ClN4O. The van der Waals surface area contributed by atoms with Crippen LogP contribution in [0.3, 0.4) is 0 Å². The number of hydrogen-bond donors (Lipinski definition) is 2. The van der Waals surface area contributed by atoms with E-state index in [1.165, 1.54) is 6.20 Å². The van der Waals surface area contributed by atoms with E-state index in [9.17, 15) is 4.79 Å². The van der Waals surface area contributed by atoms with E-state index in [0.29, 0.717) is 5.82 Å². The van der Waals surface area contributed by atoms with Gasteiger partial charge in [0.25, 0.3) is 5.91 Å². The molecule has 5 nitrogen and oxygen atoms in total. The molecule has 0 aliphatic carbocycles. The highest BCUT2D eigenvalue weighted by Gasteiger charge is 2.11. The molecule has 0 radical (unpaired) electrons. The molecule has 0 atom stereocenters. The van der Waals surface area contributed by atoms with Gasteiger partial charge in [-0.2, -0.15) is 4.98 Å². The van der Waals surface area contributed by atoms with E-state index in [1.807, 2.05) is 30.3 Å². The lowest BCUT2D eigenvalue weighted by molar-refractivity contribution is 0.100. The van der Waals surface area contributed by atoms with Gasteiger partial charge in [0.15, 0.2) is 0 Å². The average Bonchev–Trinajstić information content (AvgIpc) is 2.30. The molecule has 6 heteroatoms. The van der Waals surface area contributed by atoms with Crippen LogP contribution in [-0.2, 0) is 0 Å². The van der Waals surface area contributed by atoms with Crippen LogP contribution in [0.15, 0.2) is 36.5 Å². The monoisotopic (exact) mass is 248 g/mol. The van der Waals surface area contributed by atoms with Crippen molar-refractivity contribution in [2.45, 2.75) is 0 Å². The smallest absolute Gasteiger partial charge is 0.254 e. The number of halogens is 1. The third kappa shape index (κ3) is 2.70. The minimum absolute atomic E-state index is 0.0495. The average molecular weight is 249 g/mol. The topological polar surface area (TPSA) is 80.9 Å². The first-order valence-electron chi connectivity index (χ1n) is 4.81. The Morgan fingerprint density at radius 3 is 2.65 bits per heavy atom. The number of carbonyl (C=O) groups is 1. The molecule has 3 N–H and O–H groups in total. The Balaban J connectivity index is 2.37. The van der Waals surface area contributed by atoms with Crippen molar-refractivity contribution in [2.75, 3.05) is 5.32 Å². The summed E-state index contributed by atoms with van der Waals surface area (Å²) in [5.74, 6) is -0.316. The Hall–Kier alpha value is -2.14. The van der Waals surface area contributed by atoms with Crippen LogP contribution < -0.4 is 11.1 Å². The van der Waals surface area contributed by atoms with E-state index in [0.717, 1.165) is 5.69 Å². The highest BCUT2D eigenvalue weighted by atomic mass is 35.5. The highest BCUT2D eigenvalue weighted by molar-refractivity contribution is 6.28. The second kappa shape index (κ2) is 4.80. The first-order valence-corrected chi connectivity index (χ1v) is 5.19. The first kappa shape index (κ1) is 11.3. The second-order valence-corrected chi connectivity index (χ2v) is 3.59. The van der Waals surface area contributed by atoms with Gasteiger partial charge in [0.1, 0.15) is 11.4 Å².